The Bertz CT molecular complexity index is 449. The second-order valence-corrected chi connectivity index (χ2v) is 5.58. The molecule has 0 saturated carbocycles. The summed E-state index contributed by atoms with van der Waals surface area (Å²) in [7, 11) is 0. The van der Waals surface area contributed by atoms with Crippen LogP contribution in [0, 0.1) is 0 Å². The van der Waals surface area contributed by atoms with Crippen molar-refractivity contribution in [1.29, 1.82) is 0 Å². The summed E-state index contributed by atoms with van der Waals surface area (Å²) in [4.78, 5) is 11.8. The number of urea groups is 1. The molecular weight excluding hydrogens is 280 g/mol. The number of benzene rings is 1. The van der Waals surface area contributed by atoms with E-state index in [1.807, 2.05) is 52.0 Å². The Labute approximate surface area is 133 Å². The molecule has 124 valence electrons. The van der Waals surface area contributed by atoms with Crippen molar-refractivity contribution < 1.29 is 14.3 Å². The van der Waals surface area contributed by atoms with Crippen LogP contribution >= 0.6 is 0 Å². The maximum absolute atomic E-state index is 11.8. The fourth-order valence-corrected chi connectivity index (χ4v) is 1.76. The first-order valence-corrected chi connectivity index (χ1v) is 7.87. The van der Waals surface area contributed by atoms with E-state index in [2.05, 4.69) is 10.6 Å². The third kappa shape index (κ3) is 8.00. The molecule has 0 fully saturated rings. The molecule has 0 aliphatic heterocycles. The minimum Gasteiger partial charge on any atom is -0.376 e. The minimum absolute atomic E-state index is 0.160. The van der Waals surface area contributed by atoms with Gasteiger partial charge in [0.05, 0.1) is 25.9 Å². The minimum atomic E-state index is -0.183. The molecule has 0 unspecified atom stereocenters. The summed E-state index contributed by atoms with van der Waals surface area (Å²) in [5, 5.41) is 5.70. The van der Waals surface area contributed by atoms with Gasteiger partial charge in [0.1, 0.15) is 0 Å². The second kappa shape index (κ2) is 10.2. The van der Waals surface area contributed by atoms with E-state index in [-0.39, 0.29) is 18.2 Å². The lowest BCUT2D eigenvalue weighted by Gasteiger charge is -2.13. The number of ether oxygens (including phenoxy) is 2. The van der Waals surface area contributed by atoms with E-state index < -0.39 is 0 Å². The molecule has 0 aliphatic rings. The SMILES string of the molecule is CC[C@H](C)NC(=O)Nc1cccc(COCCOC(C)C)c1. The molecule has 22 heavy (non-hydrogen) atoms. The average molecular weight is 308 g/mol. The van der Waals surface area contributed by atoms with Gasteiger partial charge in [0.2, 0.25) is 0 Å². The fraction of sp³-hybridized carbons (Fsp3) is 0.588. The van der Waals surface area contributed by atoms with Crippen LogP contribution in [0.2, 0.25) is 0 Å². The van der Waals surface area contributed by atoms with Gasteiger partial charge in [-0.2, -0.15) is 0 Å². The zero-order valence-corrected chi connectivity index (χ0v) is 14.0. The van der Waals surface area contributed by atoms with Crippen LogP contribution in [0.1, 0.15) is 39.7 Å². The van der Waals surface area contributed by atoms with E-state index in [1.54, 1.807) is 0 Å². The molecule has 0 spiro atoms. The first kappa shape index (κ1) is 18.5. The standard InChI is InChI=1S/C17H28N2O3/c1-5-14(4)18-17(20)19-16-8-6-7-15(11-16)12-21-9-10-22-13(2)3/h6-8,11,13-14H,5,9-10,12H2,1-4H3,(H2,18,19,20)/t14-/m0/s1. The van der Waals surface area contributed by atoms with Crippen LogP contribution in [0.3, 0.4) is 0 Å². The summed E-state index contributed by atoms with van der Waals surface area (Å²) in [6, 6.07) is 7.63. The van der Waals surface area contributed by atoms with Crippen LogP contribution in [0.15, 0.2) is 24.3 Å². The highest BCUT2D eigenvalue weighted by Gasteiger charge is 2.05. The second-order valence-electron chi connectivity index (χ2n) is 5.58. The highest BCUT2D eigenvalue weighted by atomic mass is 16.5. The third-order valence-electron chi connectivity index (χ3n) is 3.12. The Kier molecular flexibility index (Phi) is 8.55. The van der Waals surface area contributed by atoms with Gasteiger partial charge in [-0.15, -0.1) is 0 Å². The summed E-state index contributed by atoms with van der Waals surface area (Å²) in [6.45, 7) is 9.66. The topological polar surface area (TPSA) is 59.6 Å². The Morgan fingerprint density at radius 1 is 1.23 bits per heavy atom. The lowest BCUT2D eigenvalue weighted by Crippen LogP contribution is -2.35. The van der Waals surface area contributed by atoms with Crippen molar-refractivity contribution in [1.82, 2.24) is 5.32 Å². The largest absolute Gasteiger partial charge is 0.376 e. The van der Waals surface area contributed by atoms with Crippen LogP contribution in [0.5, 0.6) is 0 Å². The van der Waals surface area contributed by atoms with Gasteiger partial charge in [-0.25, -0.2) is 4.79 Å². The molecule has 2 N–H and O–H groups in total. The lowest BCUT2D eigenvalue weighted by atomic mass is 10.2. The number of hydrogen-bond acceptors (Lipinski definition) is 3. The summed E-state index contributed by atoms with van der Waals surface area (Å²) in [5.41, 5.74) is 1.78. The van der Waals surface area contributed by atoms with E-state index in [0.717, 1.165) is 17.7 Å². The van der Waals surface area contributed by atoms with Crippen LogP contribution in [-0.2, 0) is 16.1 Å². The molecule has 1 aromatic carbocycles. The van der Waals surface area contributed by atoms with Crippen LogP contribution in [-0.4, -0.2) is 31.4 Å². The molecule has 0 saturated heterocycles. The van der Waals surface area contributed by atoms with Crippen molar-refractivity contribution in [3.05, 3.63) is 29.8 Å². The van der Waals surface area contributed by atoms with E-state index in [0.29, 0.717) is 19.8 Å². The van der Waals surface area contributed by atoms with Crippen LogP contribution in [0.25, 0.3) is 0 Å². The smallest absolute Gasteiger partial charge is 0.319 e. The molecule has 1 rings (SSSR count). The van der Waals surface area contributed by atoms with Gasteiger partial charge in [0, 0.05) is 11.7 Å². The summed E-state index contributed by atoms with van der Waals surface area (Å²) in [5.74, 6) is 0. The quantitative estimate of drug-likeness (QED) is 0.686. The van der Waals surface area contributed by atoms with Crippen molar-refractivity contribution in [2.24, 2.45) is 0 Å². The molecular formula is C17H28N2O3. The van der Waals surface area contributed by atoms with Crippen molar-refractivity contribution in [3.8, 4) is 0 Å². The molecule has 0 bridgehead atoms. The number of carbonyl (C=O) groups excluding carboxylic acids is 1. The number of carbonyl (C=O) groups is 1. The molecule has 0 radical (unpaired) electrons. The van der Waals surface area contributed by atoms with E-state index in [4.69, 9.17) is 9.47 Å². The van der Waals surface area contributed by atoms with Gasteiger partial charge >= 0.3 is 6.03 Å². The highest BCUT2D eigenvalue weighted by Crippen LogP contribution is 2.11. The van der Waals surface area contributed by atoms with Crippen molar-refractivity contribution >= 4 is 11.7 Å². The average Bonchev–Trinajstić information content (AvgIpc) is 2.46. The molecule has 1 atom stereocenters. The van der Waals surface area contributed by atoms with Gasteiger partial charge in [-0.05, 0) is 44.9 Å². The normalized spacial score (nSPS) is 12.2. The van der Waals surface area contributed by atoms with Gasteiger partial charge in [0.15, 0.2) is 0 Å². The zero-order chi connectivity index (χ0) is 16.4. The molecule has 1 aromatic rings. The molecule has 0 aliphatic carbocycles. The fourth-order valence-electron chi connectivity index (χ4n) is 1.76. The number of nitrogens with one attached hydrogen (secondary N) is 2. The third-order valence-corrected chi connectivity index (χ3v) is 3.12. The van der Waals surface area contributed by atoms with Gasteiger partial charge < -0.3 is 20.1 Å². The first-order valence-electron chi connectivity index (χ1n) is 7.87. The van der Waals surface area contributed by atoms with E-state index in [1.165, 1.54) is 0 Å². The van der Waals surface area contributed by atoms with E-state index >= 15 is 0 Å². The molecule has 5 nitrogen and oxygen atoms in total. The van der Waals surface area contributed by atoms with Crippen LogP contribution in [0.4, 0.5) is 10.5 Å². The monoisotopic (exact) mass is 308 g/mol. The maximum Gasteiger partial charge on any atom is 0.319 e. The number of anilines is 1. The summed E-state index contributed by atoms with van der Waals surface area (Å²) < 4.78 is 11.0. The van der Waals surface area contributed by atoms with Gasteiger partial charge in [-0.3, -0.25) is 0 Å². The number of amides is 2. The lowest BCUT2D eigenvalue weighted by molar-refractivity contribution is 0.0143. The van der Waals surface area contributed by atoms with Gasteiger partial charge in [-0.1, -0.05) is 19.1 Å². The summed E-state index contributed by atoms with van der Waals surface area (Å²) >= 11 is 0. The Morgan fingerprint density at radius 3 is 2.68 bits per heavy atom. The Balaban J connectivity index is 2.37. The van der Waals surface area contributed by atoms with Crippen molar-refractivity contribution in [2.75, 3.05) is 18.5 Å². The molecule has 2 amide bonds. The highest BCUT2D eigenvalue weighted by molar-refractivity contribution is 5.89. The zero-order valence-electron chi connectivity index (χ0n) is 14.0. The molecule has 0 aromatic heterocycles. The Morgan fingerprint density at radius 2 is 2.00 bits per heavy atom. The maximum atomic E-state index is 11.8. The molecule has 5 heteroatoms. The number of rotatable bonds is 9. The van der Waals surface area contributed by atoms with E-state index in [9.17, 15) is 4.79 Å². The van der Waals surface area contributed by atoms with Crippen molar-refractivity contribution in [3.63, 3.8) is 0 Å². The first-order chi connectivity index (χ1) is 10.5. The van der Waals surface area contributed by atoms with Gasteiger partial charge in [0.25, 0.3) is 0 Å². The number of hydrogen-bond donors (Lipinski definition) is 2. The Hall–Kier alpha value is -1.59. The van der Waals surface area contributed by atoms with Crippen LogP contribution < -0.4 is 10.6 Å². The predicted molar refractivity (Wildman–Crippen MR) is 89.1 cm³/mol. The molecule has 0 heterocycles. The van der Waals surface area contributed by atoms with Crippen molar-refractivity contribution in [2.45, 2.75) is 52.9 Å². The summed E-state index contributed by atoms with van der Waals surface area (Å²) in [6.07, 6.45) is 1.12. The predicted octanol–water partition coefficient (Wildman–Crippen LogP) is 3.55.